The number of carbonyl (C=O) groups excluding carboxylic acids is 3. The van der Waals surface area contributed by atoms with Gasteiger partial charge < -0.3 is 10.1 Å². The smallest absolute Gasteiger partial charge is 0.344 e. The van der Waals surface area contributed by atoms with Crippen molar-refractivity contribution < 1.29 is 23.5 Å². The number of ether oxygens (including phenoxy) is 1. The lowest BCUT2D eigenvalue weighted by Gasteiger charge is -2.08. The first kappa shape index (κ1) is 23.3. The van der Waals surface area contributed by atoms with Gasteiger partial charge >= 0.3 is 17.8 Å². The minimum Gasteiger partial charge on any atom is -0.422 e. The van der Waals surface area contributed by atoms with Crippen molar-refractivity contribution in [2.45, 2.75) is 0 Å². The molecule has 0 heterocycles. The van der Waals surface area contributed by atoms with Crippen LogP contribution in [-0.2, 0) is 9.59 Å². The second-order valence-corrected chi connectivity index (χ2v) is 7.95. The van der Waals surface area contributed by atoms with Crippen LogP contribution in [0.25, 0.3) is 0 Å². The van der Waals surface area contributed by atoms with Crippen molar-refractivity contribution in [2.75, 3.05) is 5.32 Å². The van der Waals surface area contributed by atoms with E-state index in [0.717, 1.165) is 6.07 Å². The number of esters is 1. The number of hydrazone groups is 1. The topological polar surface area (TPSA) is 96.9 Å². The number of halogens is 3. The van der Waals surface area contributed by atoms with Crippen LogP contribution in [0.3, 0.4) is 0 Å². The first-order chi connectivity index (χ1) is 15.3. The second-order valence-electron chi connectivity index (χ2n) is 6.18. The molecule has 2 amide bonds. The van der Waals surface area contributed by atoms with Crippen LogP contribution < -0.4 is 15.5 Å². The van der Waals surface area contributed by atoms with Gasteiger partial charge in [0.05, 0.1) is 17.5 Å². The van der Waals surface area contributed by atoms with Gasteiger partial charge in [-0.05, 0) is 58.4 Å². The molecule has 0 radical (unpaired) electrons. The summed E-state index contributed by atoms with van der Waals surface area (Å²) in [5, 5.41) is 5.86. The summed E-state index contributed by atoms with van der Waals surface area (Å²) in [7, 11) is 0. The van der Waals surface area contributed by atoms with Gasteiger partial charge in [-0.25, -0.2) is 14.6 Å². The van der Waals surface area contributed by atoms with Gasteiger partial charge in [0.25, 0.3) is 0 Å². The molecule has 0 aromatic heterocycles. The summed E-state index contributed by atoms with van der Waals surface area (Å²) in [6, 6.07) is 17.3. The Balaban J connectivity index is 1.64. The highest BCUT2D eigenvalue weighted by Crippen LogP contribution is 2.22. The largest absolute Gasteiger partial charge is 0.422 e. The number of rotatable bonds is 5. The maximum Gasteiger partial charge on any atom is 0.344 e. The minimum atomic E-state index is -1.11. The standard InChI is InChI=1S/C22H14Br2FN3O4/c23-14-9-10-18(17(25)11-14)27-20(29)21(30)28-26-12-13-5-1-4-8-19(13)32-22(31)15-6-2-3-7-16(15)24/h1-12H,(H,27,29)(H,28,30). The van der Waals surface area contributed by atoms with Gasteiger partial charge in [0.15, 0.2) is 0 Å². The summed E-state index contributed by atoms with van der Waals surface area (Å²) < 4.78 is 20.3. The second kappa shape index (κ2) is 10.8. The van der Waals surface area contributed by atoms with Crippen molar-refractivity contribution in [3.05, 3.63) is 92.6 Å². The van der Waals surface area contributed by atoms with Gasteiger partial charge in [0.1, 0.15) is 11.6 Å². The molecule has 10 heteroatoms. The van der Waals surface area contributed by atoms with E-state index < -0.39 is 23.6 Å². The molecule has 32 heavy (non-hydrogen) atoms. The first-order valence-electron chi connectivity index (χ1n) is 9.00. The predicted octanol–water partition coefficient (Wildman–Crippen LogP) is 4.66. The van der Waals surface area contributed by atoms with E-state index in [1.54, 1.807) is 48.5 Å². The normalized spacial score (nSPS) is 10.6. The molecule has 0 spiro atoms. The van der Waals surface area contributed by atoms with E-state index in [0.29, 0.717) is 20.1 Å². The number of anilines is 1. The maximum absolute atomic E-state index is 13.8. The highest BCUT2D eigenvalue weighted by atomic mass is 79.9. The summed E-state index contributed by atoms with van der Waals surface area (Å²) in [5.74, 6) is -3.29. The number of carbonyl (C=O) groups is 3. The van der Waals surface area contributed by atoms with Gasteiger partial charge in [-0.2, -0.15) is 5.10 Å². The zero-order valence-electron chi connectivity index (χ0n) is 16.1. The van der Waals surface area contributed by atoms with Crippen LogP contribution in [0.15, 0.2) is 80.8 Å². The number of amides is 2. The Kier molecular flexibility index (Phi) is 7.85. The van der Waals surface area contributed by atoms with E-state index in [1.807, 2.05) is 5.43 Å². The number of hydrogen-bond donors (Lipinski definition) is 2. The number of hydrogen-bond acceptors (Lipinski definition) is 5. The van der Waals surface area contributed by atoms with Crippen LogP contribution in [0, 0.1) is 5.82 Å². The van der Waals surface area contributed by atoms with E-state index >= 15 is 0 Å². The van der Waals surface area contributed by atoms with Crippen LogP contribution in [0.4, 0.5) is 10.1 Å². The summed E-state index contributed by atoms with van der Waals surface area (Å²) >= 11 is 6.39. The molecule has 2 N–H and O–H groups in total. The van der Waals surface area contributed by atoms with Crippen LogP contribution in [-0.4, -0.2) is 24.0 Å². The van der Waals surface area contributed by atoms with Gasteiger partial charge in [-0.3, -0.25) is 9.59 Å². The van der Waals surface area contributed by atoms with Crippen molar-refractivity contribution in [3.63, 3.8) is 0 Å². The Bertz CT molecular complexity index is 1220. The van der Waals surface area contributed by atoms with Gasteiger partial charge in [-0.15, -0.1) is 0 Å². The fraction of sp³-hybridized carbons (Fsp3) is 0. The van der Waals surface area contributed by atoms with Crippen molar-refractivity contribution in [1.29, 1.82) is 0 Å². The van der Waals surface area contributed by atoms with E-state index in [2.05, 4.69) is 42.3 Å². The molecule has 0 unspecified atom stereocenters. The molecule has 0 saturated heterocycles. The molecule has 162 valence electrons. The Labute approximate surface area is 198 Å². The highest BCUT2D eigenvalue weighted by molar-refractivity contribution is 9.10. The third-order valence-electron chi connectivity index (χ3n) is 3.97. The third kappa shape index (κ3) is 6.08. The molecule has 0 atom stereocenters. The van der Waals surface area contributed by atoms with E-state index in [9.17, 15) is 18.8 Å². The zero-order chi connectivity index (χ0) is 23.1. The van der Waals surface area contributed by atoms with Gasteiger partial charge in [0, 0.05) is 14.5 Å². The van der Waals surface area contributed by atoms with E-state index in [1.165, 1.54) is 18.3 Å². The molecular formula is C22H14Br2FN3O4. The SMILES string of the molecule is O=C(NN=Cc1ccccc1OC(=O)c1ccccc1Br)C(=O)Nc1ccc(Br)cc1F. The Morgan fingerprint density at radius 1 is 0.938 bits per heavy atom. The molecule has 0 aliphatic heterocycles. The van der Waals surface area contributed by atoms with Crippen LogP contribution in [0.5, 0.6) is 5.75 Å². The van der Waals surface area contributed by atoms with Crippen LogP contribution in [0.1, 0.15) is 15.9 Å². The number of nitrogens with one attached hydrogen (secondary N) is 2. The van der Waals surface area contributed by atoms with Crippen molar-refractivity contribution in [3.8, 4) is 5.75 Å². The monoisotopic (exact) mass is 561 g/mol. The Morgan fingerprint density at radius 3 is 2.41 bits per heavy atom. The van der Waals surface area contributed by atoms with Crippen molar-refractivity contribution >= 4 is 61.5 Å². The molecule has 3 aromatic rings. The molecule has 3 rings (SSSR count). The lowest BCUT2D eigenvalue weighted by molar-refractivity contribution is -0.136. The zero-order valence-corrected chi connectivity index (χ0v) is 19.3. The Morgan fingerprint density at radius 2 is 1.66 bits per heavy atom. The average molecular weight is 563 g/mol. The first-order valence-corrected chi connectivity index (χ1v) is 10.6. The van der Waals surface area contributed by atoms with E-state index in [4.69, 9.17) is 4.74 Å². The van der Waals surface area contributed by atoms with Gasteiger partial charge in [0.2, 0.25) is 0 Å². The molecule has 0 saturated carbocycles. The number of para-hydroxylation sites is 1. The summed E-state index contributed by atoms with van der Waals surface area (Å²) in [6.07, 6.45) is 1.22. The molecule has 3 aromatic carbocycles. The molecular weight excluding hydrogens is 549 g/mol. The van der Waals surface area contributed by atoms with E-state index in [-0.39, 0.29) is 11.4 Å². The fourth-order valence-corrected chi connectivity index (χ4v) is 3.22. The molecule has 0 bridgehead atoms. The summed E-state index contributed by atoms with van der Waals surface area (Å²) in [4.78, 5) is 36.3. The van der Waals surface area contributed by atoms with Crippen molar-refractivity contribution in [2.24, 2.45) is 5.10 Å². The minimum absolute atomic E-state index is 0.151. The lowest BCUT2D eigenvalue weighted by atomic mass is 10.2. The highest BCUT2D eigenvalue weighted by Gasteiger charge is 2.16. The van der Waals surface area contributed by atoms with Crippen LogP contribution in [0.2, 0.25) is 0 Å². The predicted molar refractivity (Wildman–Crippen MR) is 124 cm³/mol. The quantitative estimate of drug-likeness (QED) is 0.155. The summed E-state index contributed by atoms with van der Waals surface area (Å²) in [5.41, 5.74) is 2.61. The summed E-state index contributed by atoms with van der Waals surface area (Å²) in [6.45, 7) is 0. The average Bonchev–Trinajstić information content (AvgIpc) is 2.77. The lowest BCUT2D eigenvalue weighted by Crippen LogP contribution is -2.32. The molecule has 0 aliphatic rings. The Hall–Kier alpha value is -3.37. The molecule has 7 nitrogen and oxygen atoms in total. The number of benzene rings is 3. The molecule has 0 aliphatic carbocycles. The fourth-order valence-electron chi connectivity index (χ4n) is 2.44. The number of nitrogens with zero attached hydrogens (tertiary/aromatic N) is 1. The van der Waals surface area contributed by atoms with Crippen LogP contribution >= 0.6 is 31.9 Å². The molecule has 0 fully saturated rings. The van der Waals surface area contributed by atoms with Gasteiger partial charge in [-0.1, -0.05) is 40.2 Å². The van der Waals surface area contributed by atoms with Crippen molar-refractivity contribution in [1.82, 2.24) is 5.43 Å². The maximum atomic E-state index is 13.8. The third-order valence-corrected chi connectivity index (χ3v) is 5.16.